The fraction of sp³-hybridized carbons (Fsp3) is 0.440. The quantitative estimate of drug-likeness (QED) is 0.466. The number of fused-ring (bicyclic) bond motifs is 1. The molecule has 0 unspecified atom stereocenters. The number of aryl methyl sites for hydroxylation is 1. The molecule has 0 radical (unpaired) electrons. The largest absolute Gasteiger partial charge is 0.493 e. The molecule has 4 rings (SSSR count). The van der Waals surface area contributed by atoms with Gasteiger partial charge < -0.3 is 19.1 Å². The second-order valence-corrected chi connectivity index (χ2v) is 9.11. The molecule has 12 heteroatoms. The topological polar surface area (TPSA) is 90.5 Å². The van der Waals surface area contributed by atoms with Crippen molar-refractivity contribution in [2.24, 2.45) is 7.05 Å². The molecule has 1 aliphatic heterocycles. The van der Waals surface area contributed by atoms with Crippen molar-refractivity contribution >= 4 is 17.1 Å². The van der Waals surface area contributed by atoms with Gasteiger partial charge in [0, 0.05) is 59.4 Å². The van der Waals surface area contributed by atoms with Crippen molar-refractivity contribution in [2.75, 3.05) is 53.4 Å². The minimum atomic E-state index is -4.63. The van der Waals surface area contributed by atoms with E-state index in [0.29, 0.717) is 50.2 Å². The highest BCUT2D eigenvalue weighted by Gasteiger charge is 2.35. The third kappa shape index (κ3) is 5.77. The summed E-state index contributed by atoms with van der Waals surface area (Å²) in [5.74, 6) is -0.250. The average Bonchev–Trinajstić information content (AvgIpc) is 3.26. The number of hydrogen-bond acceptors (Lipinski definition) is 6. The van der Waals surface area contributed by atoms with E-state index in [9.17, 15) is 23.2 Å². The Labute approximate surface area is 212 Å². The first kappa shape index (κ1) is 26.2. The van der Waals surface area contributed by atoms with E-state index in [4.69, 9.17) is 4.74 Å². The maximum atomic E-state index is 13.9. The zero-order chi connectivity index (χ0) is 26.7. The highest BCUT2D eigenvalue weighted by atomic mass is 19.4. The van der Waals surface area contributed by atoms with Crippen molar-refractivity contribution in [3.8, 4) is 23.1 Å². The van der Waals surface area contributed by atoms with Crippen LogP contribution in [0, 0.1) is 11.3 Å². The van der Waals surface area contributed by atoms with Gasteiger partial charge in [0.1, 0.15) is 17.3 Å². The lowest BCUT2D eigenvalue weighted by Gasteiger charge is -2.35. The van der Waals surface area contributed by atoms with Crippen LogP contribution in [0.4, 0.5) is 18.0 Å². The number of benzene rings is 1. The molecule has 0 N–H and O–H groups in total. The minimum absolute atomic E-state index is 0.0228. The van der Waals surface area contributed by atoms with E-state index in [2.05, 4.69) is 14.9 Å². The van der Waals surface area contributed by atoms with Crippen molar-refractivity contribution in [3.63, 3.8) is 0 Å². The van der Waals surface area contributed by atoms with Crippen molar-refractivity contribution in [1.82, 2.24) is 29.2 Å². The molecule has 1 aliphatic rings. The molecule has 1 fully saturated rings. The van der Waals surface area contributed by atoms with Crippen molar-refractivity contribution < 1.29 is 22.7 Å². The first-order valence-electron chi connectivity index (χ1n) is 11.8. The third-order valence-electron chi connectivity index (χ3n) is 6.30. The monoisotopic (exact) mass is 515 g/mol. The molecular formula is C25H28F3N7O2. The van der Waals surface area contributed by atoms with E-state index < -0.39 is 11.7 Å². The number of alkyl halides is 3. The number of ether oxygens (including phenoxy) is 1. The minimum Gasteiger partial charge on any atom is -0.493 e. The van der Waals surface area contributed by atoms with Crippen LogP contribution in [0.2, 0.25) is 0 Å². The third-order valence-corrected chi connectivity index (χ3v) is 6.30. The molecule has 3 heterocycles. The number of halogens is 3. The van der Waals surface area contributed by atoms with Gasteiger partial charge in [-0.05, 0) is 30.7 Å². The molecule has 0 bridgehead atoms. The Kier molecular flexibility index (Phi) is 7.54. The molecule has 0 atom stereocenters. The van der Waals surface area contributed by atoms with E-state index in [0.717, 1.165) is 6.07 Å². The lowest BCUT2D eigenvalue weighted by atomic mass is 10.1. The van der Waals surface area contributed by atoms with Crippen LogP contribution in [0.25, 0.3) is 22.3 Å². The second kappa shape index (κ2) is 10.6. The van der Waals surface area contributed by atoms with Gasteiger partial charge in [0.25, 0.3) is 0 Å². The van der Waals surface area contributed by atoms with Gasteiger partial charge in [-0.15, -0.1) is 0 Å². The van der Waals surface area contributed by atoms with E-state index in [-0.39, 0.29) is 35.3 Å². The summed E-state index contributed by atoms with van der Waals surface area (Å²) in [5.41, 5.74) is 0.624. The standard InChI is InChI=1S/C25H28F3N7O2/c1-32(2)24(36)35-10-8-34(9-11-35)7-4-12-37-22-6-5-17(13-18(22)25(26,27)28)19-14-21-23(20(15-29)31-19)30-16-33(21)3/h5-6,13-14,16H,4,7-12H2,1-3H3. The molecule has 0 saturated carbocycles. The molecule has 37 heavy (non-hydrogen) atoms. The van der Waals surface area contributed by atoms with Gasteiger partial charge >= 0.3 is 12.2 Å². The van der Waals surface area contributed by atoms with Gasteiger partial charge in [0.15, 0.2) is 5.69 Å². The highest BCUT2D eigenvalue weighted by molar-refractivity contribution is 5.84. The number of urea groups is 1. The summed E-state index contributed by atoms with van der Waals surface area (Å²) in [6.07, 6.45) is -2.56. The van der Waals surface area contributed by atoms with Crippen LogP contribution >= 0.6 is 0 Å². The summed E-state index contributed by atoms with van der Waals surface area (Å²) < 4.78 is 49.0. The summed E-state index contributed by atoms with van der Waals surface area (Å²) >= 11 is 0. The molecule has 1 saturated heterocycles. The molecule has 2 amide bonds. The lowest BCUT2D eigenvalue weighted by molar-refractivity contribution is -0.138. The number of piperazine rings is 1. The smallest absolute Gasteiger partial charge is 0.419 e. The predicted molar refractivity (Wildman–Crippen MR) is 131 cm³/mol. The molecule has 1 aromatic carbocycles. The molecule has 196 valence electrons. The number of aromatic nitrogens is 3. The molecule has 9 nitrogen and oxygen atoms in total. The normalized spacial score (nSPS) is 14.6. The van der Waals surface area contributed by atoms with E-state index in [1.54, 1.807) is 41.6 Å². The van der Waals surface area contributed by atoms with Gasteiger partial charge in [0.05, 0.1) is 29.7 Å². The van der Waals surface area contributed by atoms with E-state index >= 15 is 0 Å². The van der Waals surface area contributed by atoms with Gasteiger partial charge in [0.2, 0.25) is 0 Å². The Bertz CT molecular complexity index is 1320. The number of amides is 2. The van der Waals surface area contributed by atoms with Gasteiger partial charge in [-0.25, -0.2) is 14.8 Å². The molecular weight excluding hydrogens is 487 g/mol. The second-order valence-electron chi connectivity index (χ2n) is 9.11. The Morgan fingerprint density at radius 2 is 1.92 bits per heavy atom. The van der Waals surface area contributed by atoms with Crippen molar-refractivity contribution in [3.05, 3.63) is 41.9 Å². The van der Waals surface area contributed by atoms with Crippen LogP contribution in [-0.4, -0.2) is 88.7 Å². The summed E-state index contributed by atoms with van der Waals surface area (Å²) in [6.45, 7) is 3.43. The van der Waals surface area contributed by atoms with Crippen molar-refractivity contribution in [1.29, 1.82) is 5.26 Å². The van der Waals surface area contributed by atoms with Gasteiger partial charge in [-0.1, -0.05) is 0 Å². The summed E-state index contributed by atoms with van der Waals surface area (Å²) in [6, 6.07) is 7.37. The highest BCUT2D eigenvalue weighted by Crippen LogP contribution is 2.39. The Balaban J connectivity index is 1.43. The summed E-state index contributed by atoms with van der Waals surface area (Å²) in [7, 11) is 5.17. The van der Waals surface area contributed by atoms with Crippen LogP contribution in [-0.2, 0) is 13.2 Å². The number of nitrogens with zero attached hydrogens (tertiary/aromatic N) is 7. The van der Waals surface area contributed by atoms with Crippen LogP contribution in [0.15, 0.2) is 30.6 Å². The van der Waals surface area contributed by atoms with Crippen LogP contribution < -0.4 is 4.74 Å². The lowest BCUT2D eigenvalue weighted by Crippen LogP contribution is -2.51. The summed E-state index contributed by atoms with van der Waals surface area (Å²) in [4.78, 5) is 25.9. The number of nitriles is 1. The van der Waals surface area contributed by atoms with Crippen LogP contribution in [0.3, 0.4) is 0 Å². The van der Waals surface area contributed by atoms with Gasteiger partial charge in [-0.2, -0.15) is 18.4 Å². The molecule has 3 aromatic rings. The number of carbonyl (C=O) groups excluding carboxylic acids is 1. The zero-order valence-corrected chi connectivity index (χ0v) is 20.9. The maximum absolute atomic E-state index is 13.9. The number of carbonyl (C=O) groups is 1. The predicted octanol–water partition coefficient (Wildman–Crippen LogP) is 3.59. The Hall–Kier alpha value is -3.85. The van der Waals surface area contributed by atoms with E-state index in [1.807, 2.05) is 6.07 Å². The summed E-state index contributed by atoms with van der Waals surface area (Å²) in [5, 5.41) is 9.43. The molecule has 2 aromatic heterocycles. The first-order chi connectivity index (χ1) is 17.6. The Morgan fingerprint density at radius 3 is 2.57 bits per heavy atom. The molecule has 0 aliphatic carbocycles. The molecule has 0 spiro atoms. The van der Waals surface area contributed by atoms with Crippen molar-refractivity contribution in [2.45, 2.75) is 12.6 Å². The van der Waals surface area contributed by atoms with Gasteiger partial charge in [-0.3, -0.25) is 4.90 Å². The number of imidazole rings is 1. The Morgan fingerprint density at radius 1 is 1.19 bits per heavy atom. The van der Waals surface area contributed by atoms with Crippen LogP contribution in [0.5, 0.6) is 5.75 Å². The SMILES string of the molecule is CN(C)C(=O)N1CCN(CCCOc2ccc(-c3cc4c(ncn4C)c(C#N)n3)cc2C(F)(F)F)CC1. The zero-order valence-electron chi connectivity index (χ0n) is 20.9. The average molecular weight is 516 g/mol. The number of pyridine rings is 1. The first-order valence-corrected chi connectivity index (χ1v) is 11.8. The maximum Gasteiger partial charge on any atom is 0.419 e. The van der Waals surface area contributed by atoms with E-state index in [1.165, 1.54) is 18.5 Å². The van der Waals surface area contributed by atoms with Crippen LogP contribution in [0.1, 0.15) is 17.7 Å². The fourth-order valence-electron chi connectivity index (χ4n) is 4.31. The number of rotatable bonds is 6. The fourth-order valence-corrected chi connectivity index (χ4v) is 4.31. The number of hydrogen-bond donors (Lipinski definition) is 0.